The Morgan fingerprint density at radius 3 is 2.81 bits per heavy atom. The molecule has 8 nitrogen and oxygen atoms in total. The number of carbonyl (C=O) groups excluding carboxylic acids is 1. The molecule has 1 aromatic heterocycles. The number of carbonyl (C=O) groups is 2. The molecule has 0 bridgehead atoms. The van der Waals surface area contributed by atoms with Crippen molar-refractivity contribution in [3.63, 3.8) is 0 Å². The molecule has 4 rings (SSSR count). The summed E-state index contributed by atoms with van der Waals surface area (Å²) in [5.74, 6) is -0.702. The first-order chi connectivity index (χ1) is 15.0. The number of carboxylic acid groups (broad SMARTS) is 1. The lowest BCUT2D eigenvalue weighted by atomic mass is 10.0. The zero-order valence-electron chi connectivity index (χ0n) is 16.5. The number of halogens is 1. The Morgan fingerprint density at radius 2 is 2.06 bits per heavy atom. The topological polar surface area (TPSA) is 105 Å². The molecule has 2 aromatic carbocycles. The summed E-state index contributed by atoms with van der Waals surface area (Å²) < 4.78 is 7.28. The van der Waals surface area contributed by atoms with E-state index in [2.05, 4.69) is 15.7 Å². The summed E-state index contributed by atoms with van der Waals surface area (Å²) in [5.41, 5.74) is 1.39. The molecular formula is C22H19ClN4O4. The van der Waals surface area contributed by atoms with Gasteiger partial charge in [-0.3, -0.25) is 4.79 Å². The summed E-state index contributed by atoms with van der Waals surface area (Å²) in [6.45, 7) is 2.33. The van der Waals surface area contributed by atoms with Crippen LogP contribution >= 0.6 is 11.6 Å². The third-order valence-corrected chi connectivity index (χ3v) is 4.97. The molecular weight excluding hydrogens is 420 g/mol. The summed E-state index contributed by atoms with van der Waals surface area (Å²) in [6.07, 6.45) is 2.94. The molecule has 1 aliphatic heterocycles. The molecule has 158 valence electrons. The second kappa shape index (κ2) is 8.53. The molecule has 0 fully saturated rings. The average Bonchev–Trinajstić information content (AvgIpc) is 3.18. The fourth-order valence-electron chi connectivity index (χ4n) is 3.38. The molecule has 0 saturated carbocycles. The maximum Gasteiger partial charge on any atom is 0.352 e. The van der Waals surface area contributed by atoms with Crippen molar-refractivity contribution in [1.29, 1.82) is 0 Å². The number of carboxylic acids is 1. The normalized spacial score (nSPS) is 14.8. The summed E-state index contributed by atoms with van der Waals surface area (Å²) in [6, 6.07) is 13.5. The summed E-state index contributed by atoms with van der Waals surface area (Å²) in [5, 5.41) is 20.0. The van der Waals surface area contributed by atoms with Crippen molar-refractivity contribution in [2.45, 2.75) is 13.0 Å². The van der Waals surface area contributed by atoms with Crippen LogP contribution in [0, 0.1) is 0 Å². The van der Waals surface area contributed by atoms with Gasteiger partial charge < -0.3 is 20.5 Å². The van der Waals surface area contributed by atoms with E-state index in [1.54, 1.807) is 35.0 Å². The Kier molecular flexibility index (Phi) is 5.64. The van der Waals surface area contributed by atoms with E-state index in [0.717, 1.165) is 5.56 Å². The van der Waals surface area contributed by atoms with Gasteiger partial charge in [0.1, 0.15) is 28.9 Å². The van der Waals surface area contributed by atoms with Crippen molar-refractivity contribution in [2.75, 3.05) is 17.2 Å². The molecule has 3 N–H and O–H groups in total. The lowest BCUT2D eigenvalue weighted by Gasteiger charge is -2.25. The van der Waals surface area contributed by atoms with Crippen molar-refractivity contribution in [1.82, 2.24) is 9.78 Å². The first kappa shape index (κ1) is 20.5. The van der Waals surface area contributed by atoms with E-state index in [0.29, 0.717) is 23.1 Å². The highest BCUT2D eigenvalue weighted by atomic mass is 35.5. The lowest BCUT2D eigenvalue weighted by Crippen LogP contribution is -2.26. The van der Waals surface area contributed by atoms with E-state index >= 15 is 0 Å². The van der Waals surface area contributed by atoms with E-state index < -0.39 is 17.9 Å². The van der Waals surface area contributed by atoms with Crippen molar-refractivity contribution in [2.24, 2.45) is 0 Å². The monoisotopic (exact) mass is 438 g/mol. The molecule has 2 heterocycles. The Hall–Kier alpha value is -3.78. The minimum absolute atomic E-state index is 0.0545. The van der Waals surface area contributed by atoms with Crippen molar-refractivity contribution < 1.29 is 19.4 Å². The third kappa shape index (κ3) is 4.10. The van der Waals surface area contributed by atoms with Crippen LogP contribution < -0.4 is 15.4 Å². The Balaban J connectivity index is 1.75. The van der Waals surface area contributed by atoms with Crippen molar-refractivity contribution in [3.8, 4) is 5.75 Å². The quantitative estimate of drug-likeness (QED) is 0.533. The molecule has 0 aliphatic carbocycles. The number of fused-ring (bicyclic) bond motifs is 1. The Labute approximate surface area is 183 Å². The van der Waals surface area contributed by atoms with Crippen LogP contribution in [0.4, 0.5) is 11.5 Å². The highest BCUT2D eigenvalue weighted by molar-refractivity contribution is 6.31. The van der Waals surface area contributed by atoms with E-state index in [9.17, 15) is 14.7 Å². The lowest BCUT2D eigenvalue weighted by molar-refractivity contribution is -0.132. The van der Waals surface area contributed by atoms with Crippen molar-refractivity contribution >= 4 is 35.0 Å². The van der Waals surface area contributed by atoms with Gasteiger partial charge in [0.05, 0.1) is 12.8 Å². The minimum atomic E-state index is -1.15. The maximum atomic E-state index is 12.9. The van der Waals surface area contributed by atoms with Gasteiger partial charge in [0.15, 0.2) is 0 Å². The number of benzene rings is 2. The highest BCUT2D eigenvalue weighted by Crippen LogP contribution is 2.36. The number of nitrogens with one attached hydrogen (secondary N) is 2. The zero-order valence-corrected chi connectivity index (χ0v) is 17.3. The van der Waals surface area contributed by atoms with Gasteiger partial charge in [0, 0.05) is 16.3 Å². The molecule has 3 aromatic rings. The summed E-state index contributed by atoms with van der Waals surface area (Å²) >= 11 is 5.99. The molecule has 0 radical (unpaired) electrons. The van der Waals surface area contributed by atoms with Crippen LogP contribution in [-0.2, 0) is 4.79 Å². The van der Waals surface area contributed by atoms with Gasteiger partial charge in [-0.1, -0.05) is 35.9 Å². The van der Waals surface area contributed by atoms with Gasteiger partial charge in [0.2, 0.25) is 0 Å². The Bertz CT molecular complexity index is 1190. The average molecular weight is 439 g/mol. The standard InChI is InChI=1S/C22H19ClN4O4/c1-2-31-19-9-4-3-8-15(19)18-11-17(22(29)30)26-20-16(12-24-27(18)20)21(28)25-14-7-5-6-13(23)10-14/h3-12,18,26H,2H2,1H3,(H,25,28)(H,29,30)/t18-/m0/s1. The number of aliphatic carboxylic acids is 1. The smallest absolute Gasteiger partial charge is 0.352 e. The number of anilines is 2. The van der Waals surface area contributed by atoms with Crippen molar-refractivity contribution in [3.05, 3.63) is 82.7 Å². The number of aromatic nitrogens is 2. The fourth-order valence-corrected chi connectivity index (χ4v) is 3.57. The third-order valence-electron chi connectivity index (χ3n) is 4.73. The van der Waals surface area contributed by atoms with Gasteiger partial charge in [0.25, 0.3) is 5.91 Å². The first-order valence-corrected chi connectivity index (χ1v) is 9.94. The summed E-state index contributed by atoms with van der Waals surface area (Å²) in [4.78, 5) is 24.7. The van der Waals surface area contributed by atoms with E-state index in [4.69, 9.17) is 16.3 Å². The Morgan fingerprint density at radius 1 is 1.26 bits per heavy atom. The van der Waals surface area contributed by atoms with E-state index in [-0.39, 0.29) is 17.1 Å². The predicted molar refractivity (Wildman–Crippen MR) is 117 cm³/mol. The summed E-state index contributed by atoms with van der Waals surface area (Å²) in [7, 11) is 0. The zero-order chi connectivity index (χ0) is 22.0. The van der Waals surface area contributed by atoms with Crippen LogP contribution in [0.25, 0.3) is 0 Å². The molecule has 0 unspecified atom stereocenters. The highest BCUT2D eigenvalue weighted by Gasteiger charge is 2.30. The number of amides is 1. The number of allylic oxidation sites excluding steroid dienone is 1. The van der Waals surface area contributed by atoms with Crippen LogP contribution in [0.15, 0.2) is 66.5 Å². The number of ether oxygens (including phenoxy) is 1. The number of para-hydroxylation sites is 1. The molecule has 1 atom stereocenters. The number of rotatable bonds is 6. The van der Waals surface area contributed by atoms with Crippen LogP contribution in [0.3, 0.4) is 0 Å². The molecule has 9 heteroatoms. The van der Waals surface area contributed by atoms with E-state index in [1.807, 2.05) is 31.2 Å². The van der Waals surface area contributed by atoms with Crippen LogP contribution in [0.5, 0.6) is 5.75 Å². The van der Waals surface area contributed by atoms with E-state index in [1.165, 1.54) is 6.20 Å². The molecule has 1 amide bonds. The van der Waals surface area contributed by atoms with Gasteiger partial charge in [-0.15, -0.1) is 0 Å². The first-order valence-electron chi connectivity index (χ1n) is 9.56. The molecule has 31 heavy (non-hydrogen) atoms. The number of hydrogen-bond donors (Lipinski definition) is 3. The predicted octanol–water partition coefficient (Wildman–Crippen LogP) is 4.17. The number of hydrogen-bond acceptors (Lipinski definition) is 5. The molecule has 1 aliphatic rings. The van der Waals surface area contributed by atoms with Crippen LogP contribution in [0.1, 0.15) is 28.9 Å². The molecule has 0 spiro atoms. The maximum absolute atomic E-state index is 12.9. The van der Waals surface area contributed by atoms with Gasteiger partial charge >= 0.3 is 5.97 Å². The fraction of sp³-hybridized carbons (Fsp3) is 0.136. The van der Waals surface area contributed by atoms with Gasteiger partial charge in [-0.2, -0.15) is 5.10 Å². The van der Waals surface area contributed by atoms with Crippen LogP contribution in [0.2, 0.25) is 5.02 Å². The molecule has 0 saturated heterocycles. The van der Waals surface area contributed by atoms with Crippen LogP contribution in [-0.4, -0.2) is 33.4 Å². The number of nitrogens with zero attached hydrogens (tertiary/aromatic N) is 2. The van der Waals surface area contributed by atoms with Gasteiger partial charge in [-0.05, 0) is 37.3 Å². The second-order valence-electron chi connectivity index (χ2n) is 6.74. The minimum Gasteiger partial charge on any atom is -0.494 e. The second-order valence-corrected chi connectivity index (χ2v) is 7.18. The largest absolute Gasteiger partial charge is 0.494 e. The van der Waals surface area contributed by atoms with Gasteiger partial charge in [-0.25, -0.2) is 9.48 Å². The SMILES string of the molecule is CCOc1ccccc1[C@@H]1C=C(C(=O)O)Nc2c(C(=O)Nc3cccc(Cl)c3)cnn21.